The second kappa shape index (κ2) is 4.97. The SMILES string of the molecule is CC12CCC3c4ccc(O)cc4CCC3C1CC(C(=O)O)[C@@H]2O. The molecule has 0 aliphatic heterocycles. The lowest BCUT2D eigenvalue weighted by Gasteiger charge is -2.50. The molecule has 0 saturated heterocycles. The summed E-state index contributed by atoms with van der Waals surface area (Å²) in [6, 6.07) is 5.69. The molecule has 4 nitrogen and oxygen atoms in total. The first-order chi connectivity index (χ1) is 10.9. The van der Waals surface area contributed by atoms with E-state index in [9.17, 15) is 20.1 Å². The van der Waals surface area contributed by atoms with E-state index in [2.05, 4.69) is 6.92 Å². The van der Waals surface area contributed by atoms with Gasteiger partial charge in [0.2, 0.25) is 0 Å². The second-order valence-electron chi connectivity index (χ2n) is 7.97. The molecule has 124 valence electrons. The lowest BCUT2D eigenvalue weighted by atomic mass is 9.55. The number of carboxylic acid groups (broad SMARTS) is 1. The van der Waals surface area contributed by atoms with Crippen LogP contribution >= 0.6 is 0 Å². The number of carbonyl (C=O) groups is 1. The molecule has 4 rings (SSSR count). The lowest BCUT2D eigenvalue weighted by Crippen LogP contribution is -2.44. The summed E-state index contributed by atoms with van der Waals surface area (Å²) in [5, 5.41) is 29.8. The number of benzene rings is 1. The van der Waals surface area contributed by atoms with Crippen LogP contribution in [0, 0.1) is 23.2 Å². The molecule has 3 aliphatic carbocycles. The van der Waals surface area contributed by atoms with Crippen molar-refractivity contribution in [1.29, 1.82) is 0 Å². The maximum atomic E-state index is 11.5. The van der Waals surface area contributed by atoms with E-state index in [1.165, 1.54) is 11.1 Å². The fraction of sp³-hybridized carbons (Fsp3) is 0.632. The molecule has 0 spiro atoms. The van der Waals surface area contributed by atoms with Gasteiger partial charge in [-0.1, -0.05) is 13.0 Å². The maximum absolute atomic E-state index is 11.5. The highest BCUT2D eigenvalue weighted by atomic mass is 16.4. The summed E-state index contributed by atoms with van der Waals surface area (Å²) in [7, 11) is 0. The van der Waals surface area contributed by atoms with E-state index in [1.807, 2.05) is 12.1 Å². The van der Waals surface area contributed by atoms with Crippen molar-refractivity contribution < 1.29 is 20.1 Å². The standard InChI is InChI=1S/C19H24O4/c1-19-7-6-13-12-5-3-11(20)8-10(12)2-4-14(13)16(19)9-15(17(19)21)18(22)23/h3,5,8,13-17,20-21H,2,4,6-7,9H2,1H3,(H,22,23)/t13?,14?,15?,16?,17-,19?/m0/s1. The van der Waals surface area contributed by atoms with Crippen molar-refractivity contribution in [3.63, 3.8) is 0 Å². The number of rotatable bonds is 1. The summed E-state index contributed by atoms with van der Waals surface area (Å²) in [4.78, 5) is 11.5. The van der Waals surface area contributed by atoms with Gasteiger partial charge in [-0.05, 0) is 78.5 Å². The highest BCUT2D eigenvalue weighted by Crippen LogP contribution is 2.62. The summed E-state index contributed by atoms with van der Waals surface area (Å²) in [5.41, 5.74) is 2.30. The van der Waals surface area contributed by atoms with Gasteiger partial charge in [-0.15, -0.1) is 0 Å². The molecule has 23 heavy (non-hydrogen) atoms. The van der Waals surface area contributed by atoms with Gasteiger partial charge in [0, 0.05) is 0 Å². The van der Waals surface area contributed by atoms with Crippen molar-refractivity contribution in [2.45, 2.75) is 51.0 Å². The lowest BCUT2D eigenvalue weighted by molar-refractivity contribution is -0.146. The van der Waals surface area contributed by atoms with Crippen LogP contribution in [0.4, 0.5) is 0 Å². The molecule has 3 aliphatic rings. The Labute approximate surface area is 136 Å². The van der Waals surface area contributed by atoms with E-state index in [0.717, 1.165) is 25.7 Å². The molecule has 2 fully saturated rings. The second-order valence-corrected chi connectivity index (χ2v) is 7.97. The molecule has 0 aromatic heterocycles. The molecular formula is C19H24O4. The quantitative estimate of drug-likeness (QED) is 0.744. The van der Waals surface area contributed by atoms with Gasteiger partial charge in [0.1, 0.15) is 5.75 Å². The molecule has 0 heterocycles. The van der Waals surface area contributed by atoms with Crippen LogP contribution in [0.1, 0.15) is 49.7 Å². The summed E-state index contributed by atoms with van der Waals surface area (Å²) >= 11 is 0. The first-order valence-corrected chi connectivity index (χ1v) is 8.64. The van der Waals surface area contributed by atoms with Crippen molar-refractivity contribution in [2.75, 3.05) is 0 Å². The Balaban J connectivity index is 1.70. The van der Waals surface area contributed by atoms with Crippen molar-refractivity contribution in [1.82, 2.24) is 0 Å². The summed E-state index contributed by atoms with van der Waals surface area (Å²) in [6.07, 6.45) is 3.71. The Morgan fingerprint density at radius 1 is 1.30 bits per heavy atom. The highest BCUT2D eigenvalue weighted by Gasteiger charge is 2.59. The van der Waals surface area contributed by atoms with Gasteiger partial charge in [0.25, 0.3) is 0 Å². The van der Waals surface area contributed by atoms with Crippen LogP contribution in [0.15, 0.2) is 18.2 Å². The van der Waals surface area contributed by atoms with E-state index < -0.39 is 18.0 Å². The predicted molar refractivity (Wildman–Crippen MR) is 85.2 cm³/mol. The van der Waals surface area contributed by atoms with Crippen LogP contribution in [0.3, 0.4) is 0 Å². The molecule has 1 aromatic rings. The number of aliphatic hydroxyl groups excluding tert-OH is 1. The Morgan fingerprint density at radius 2 is 2.09 bits per heavy atom. The normalized spacial score (nSPS) is 41.7. The molecular weight excluding hydrogens is 292 g/mol. The summed E-state index contributed by atoms with van der Waals surface area (Å²) in [5.74, 6) is 0.0158. The first kappa shape index (κ1) is 15.0. The number of fused-ring (bicyclic) bond motifs is 5. The number of aliphatic carboxylic acids is 1. The molecule has 1 aromatic carbocycles. The zero-order valence-electron chi connectivity index (χ0n) is 13.4. The third-order valence-electron chi connectivity index (χ3n) is 7.03. The Bertz CT molecular complexity index is 655. The third-order valence-corrected chi connectivity index (χ3v) is 7.03. The summed E-state index contributed by atoms with van der Waals surface area (Å²) < 4.78 is 0. The van der Waals surface area contributed by atoms with Gasteiger partial charge in [-0.2, -0.15) is 0 Å². The van der Waals surface area contributed by atoms with Crippen molar-refractivity contribution in [2.24, 2.45) is 23.2 Å². The number of phenols is 1. The fourth-order valence-corrected chi connectivity index (χ4v) is 5.83. The van der Waals surface area contributed by atoms with E-state index >= 15 is 0 Å². The topological polar surface area (TPSA) is 77.8 Å². The number of hydrogen-bond acceptors (Lipinski definition) is 3. The summed E-state index contributed by atoms with van der Waals surface area (Å²) in [6.45, 7) is 2.09. The minimum atomic E-state index is -0.856. The fourth-order valence-electron chi connectivity index (χ4n) is 5.83. The van der Waals surface area contributed by atoms with E-state index in [-0.39, 0.29) is 11.3 Å². The van der Waals surface area contributed by atoms with Gasteiger partial charge in [0.05, 0.1) is 12.0 Å². The molecule has 6 atom stereocenters. The van der Waals surface area contributed by atoms with Crippen LogP contribution in [-0.2, 0) is 11.2 Å². The minimum Gasteiger partial charge on any atom is -0.508 e. The molecule has 3 N–H and O–H groups in total. The average molecular weight is 316 g/mol. The van der Waals surface area contributed by atoms with Crippen molar-refractivity contribution in [3.05, 3.63) is 29.3 Å². The molecule has 4 heteroatoms. The van der Waals surface area contributed by atoms with Crippen molar-refractivity contribution in [3.8, 4) is 5.75 Å². The van der Waals surface area contributed by atoms with Gasteiger partial charge in [-0.25, -0.2) is 0 Å². The largest absolute Gasteiger partial charge is 0.508 e. The van der Waals surface area contributed by atoms with Gasteiger partial charge in [0.15, 0.2) is 0 Å². The van der Waals surface area contributed by atoms with E-state index in [4.69, 9.17) is 0 Å². The Hall–Kier alpha value is -1.55. The van der Waals surface area contributed by atoms with Gasteiger partial charge in [-0.3, -0.25) is 4.79 Å². The first-order valence-electron chi connectivity index (χ1n) is 8.64. The number of aromatic hydroxyl groups is 1. The minimum absolute atomic E-state index is 0.265. The van der Waals surface area contributed by atoms with E-state index in [1.54, 1.807) is 6.07 Å². The van der Waals surface area contributed by atoms with Crippen LogP contribution in [0.2, 0.25) is 0 Å². The van der Waals surface area contributed by atoms with Crippen LogP contribution < -0.4 is 0 Å². The molecule has 0 bridgehead atoms. The Morgan fingerprint density at radius 3 is 2.83 bits per heavy atom. The number of phenolic OH excluding ortho intramolecular Hbond substituents is 1. The third kappa shape index (κ3) is 2.04. The van der Waals surface area contributed by atoms with Gasteiger partial charge < -0.3 is 15.3 Å². The average Bonchev–Trinajstić information content (AvgIpc) is 2.79. The highest BCUT2D eigenvalue weighted by molar-refractivity contribution is 5.71. The molecule has 0 radical (unpaired) electrons. The Kier molecular flexibility index (Phi) is 3.24. The molecule has 0 amide bonds. The number of hydrogen-bond donors (Lipinski definition) is 3. The zero-order valence-corrected chi connectivity index (χ0v) is 13.4. The number of aryl methyl sites for hydroxylation is 1. The number of carboxylic acids is 1. The zero-order chi connectivity index (χ0) is 16.4. The number of aliphatic hydroxyl groups is 1. The monoisotopic (exact) mass is 316 g/mol. The molecule has 2 saturated carbocycles. The molecule has 5 unspecified atom stereocenters. The van der Waals surface area contributed by atoms with Crippen LogP contribution in [-0.4, -0.2) is 27.4 Å². The smallest absolute Gasteiger partial charge is 0.309 e. The van der Waals surface area contributed by atoms with Crippen LogP contribution in [0.25, 0.3) is 0 Å². The van der Waals surface area contributed by atoms with Gasteiger partial charge >= 0.3 is 5.97 Å². The van der Waals surface area contributed by atoms with Crippen molar-refractivity contribution >= 4 is 5.97 Å². The predicted octanol–water partition coefficient (Wildman–Crippen LogP) is 2.92. The maximum Gasteiger partial charge on any atom is 0.309 e. The van der Waals surface area contributed by atoms with Crippen LogP contribution in [0.5, 0.6) is 5.75 Å². The van der Waals surface area contributed by atoms with E-state index in [0.29, 0.717) is 24.0 Å².